The van der Waals surface area contributed by atoms with Gasteiger partial charge in [-0.1, -0.05) is 12.8 Å². The van der Waals surface area contributed by atoms with E-state index < -0.39 is 0 Å². The number of carbonyl (C=O) groups is 1. The van der Waals surface area contributed by atoms with Crippen LogP contribution in [-0.2, 0) is 0 Å². The smallest absolute Gasteiger partial charge is 0.317 e. The van der Waals surface area contributed by atoms with E-state index in [0.29, 0.717) is 6.04 Å². The molecule has 4 heteroatoms. The van der Waals surface area contributed by atoms with E-state index in [1.54, 1.807) is 0 Å². The van der Waals surface area contributed by atoms with Gasteiger partial charge in [-0.05, 0) is 72.1 Å². The molecule has 0 spiro atoms. The van der Waals surface area contributed by atoms with Crippen LogP contribution in [0.4, 0.5) is 4.79 Å². The Labute approximate surface area is 141 Å². The van der Waals surface area contributed by atoms with Crippen molar-refractivity contribution in [3.05, 3.63) is 0 Å². The van der Waals surface area contributed by atoms with E-state index >= 15 is 0 Å². The summed E-state index contributed by atoms with van der Waals surface area (Å²) in [6.07, 6.45) is 9.75. The van der Waals surface area contributed by atoms with Crippen LogP contribution in [0.15, 0.2) is 0 Å². The summed E-state index contributed by atoms with van der Waals surface area (Å²) in [7, 11) is 0. The number of likely N-dealkylation sites (tertiary alicyclic amines) is 1. The van der Waals surface area contributed by atoms with Gasteiger partial charge in [0.1, 0.15) is 0 Å². The largest absolute Gasteiger partial charge is 0.335 e. The zero-order chi connectivity index (χ0) is 16.7. The summed E-state index contributed by atoms with van der Waals surface area (Å²) >= 11 is 0. The van der Waals surface area contributed by atoms with Crippen LogP contribution in [0, 0.1) is 5.92 Å². The lowest BCUT2D eigenvalue weighted by atomic mass is 9.79. The number of nitrogens with zero attached hydrogens (tertiary/aromatic N) is 1. The van der Waals surface area contributed by atoms with E-state index in [-0.39, 0.29) is 23.2 Å². The molecule has 0 aromatic heterocycles. The summed E-state index contributed by atoms with van der Waals surface area (Å²) < 4.78 is 0. The normalized spacial score (nSPS) is 31.5. The van der Waals surface area contributed by atoms with Gasteiger partial charge in [0.2, 0.25) is 0 Å². The van der Waals surface area contributed by atoms with Crippen molar-refractivity contribution in [3.8, 4) is 0 Å². The third-order valence-corrected chi connectivity index (χ3v) is 6.02. The van der Waals surface area contributed by atoms with Crippen molar-refractivity contribution in [1.82, 2.24) is 15.5 Å². The molecule has 0 bridgehead atoms. The van der Waals surface area contributed by atoms with Crippen LogP contribution in [0.5, 0.6) is 0 Å². The Morgan fingerprint density at radius 1 is 1.00 bits per heavy atom. The minimum Gasteiger partial charge on any atom is -0.335 e. The van der Waals surface area contributed by atoms with E-state index in [1.165, 1.54) is 38.5 Å². The maximum Gasteiger partial charge on any atom is 0.317 e. The molecule has 1 unspecified atom stereocenters. The van der Waals surface area contributed by atoms with Crippen molar-refractivity contribution in [1.29, 1.82) is 0 Å². The van der Waals surface area contributed by atoms with Crippen LogP contribution >= 0.6 is 0 Å². The first-order valence-electron chi connectivity index (χ1n) is 9.62. The first-order valence-corrected chi connectivity index (χ1v) is 9.62. The number of piperidine rings is 1. The van der Waals surface area contributed by atoms with E-state index in [1.807, 2.05) is 0 Å². The highest BCUT2D eigenvalue weighted by molar-refractivity contribution is 5.75. The monoisotopic (exact) mass is 321 g/mol. The zero-order valence-electron chi connectivity index (χ0n) is 15.5. The summed E-state index contributed by atoms with van der Waals surface area (Å²) in [5, 5.41) is 7.07. The van der Waals surface area contributed by atoms with Gasteiger partial charge in [-0.2, -0.15) is 0 Å². The molecular formula is C19H35N3O. The number of urea groups is 1. The lowest BCUT2D eigenvalue weighted by Gasteiger charge is -2.47. The Hall–Kier alpha value is -0.770. The lowest BCUT2D eigenvalue weighted by Crippen LogP contribution is -2.63. The van der Waals surface area contributed by atoms with Crippen molar-refractivity contribution in [2.45, 2.75) is 102 Å². The minimum absolute atomic E-state index is 0.0789. The molecule has 0 aromatic carbocycles. The average molecular weight is 322 g/mol. The molecule has 0 aromatic rings. The van der Waals surface area contributed by atoms with Crippen LogP contribution in [0.2, 0.25) is 0 Å². The molecule has 2 amide bonds. The number of hydrogen-bond acceptors (Lipinski definition) is 2. The van der Waals surface area contributed by atoms with Gasteiger partial charge in [0.25, 0.3) is 0 Å². The molecule has 2 aliphatic heterocycles. The summed E-state index contributed by atoms with van der Waals surface area (Å²) in [4.78, 5) is 15.1. The maximum atomic E-state index is 12.9. The van der Waals surface area contributed by atoms with Gasteiger partial charge >= 0.3 is 6.03 Å². The highest BCUT2D eigenvalue weighted by atomic mass is 16.2. The molecule has 2 N–H and O–H groups in total. The zero-order valence-corrected chi connectivity index (χ0v) is 15.5. The van der Waals surface area contributed by atoms with Crippen LogP contribution in [-0.4, -0.2) is 40.6 Å². The first kappa shape index (κ1) is 17.1. The predicted molar refractivity (Wildman–Crippen MR) is 94.5 cm³/mol. The summed E-state index contributed by atoms with van der Waals surface area (Å²) in [5.41, 5.74) is 0.158. The fourth-order valence-electron chi connectivity index (χ4n) is 5.56. The van der Waals surface area contributed by atoms with Crippen LogP contribution in [0.1, 0.15) is 79.1 Å². The van der Waals surface area contributed by atoms with Crippen molar-refractivity contribution in [2.24, 2.45) is 5.92 Å². The Morgan fingerprint density at radius 3 is 2.22 bits per heavy atom. The maximum absolute atomic E-state index is 12.9. The van der Waals surface area contributed by atoms with Crippen LogP contribution in [0.25, 0.3) is 0 Å². The summed E-state index contributed by atoms with van der Waals surface area (Å²) in [6.45, 7) is 9.91. The highest BCUT2D eigenvalue weighted by Gasteiger charge is 2.40. The third kappa shape index (κ3) is 4.01. The molecule has 4 nitrogen and oxygen atoms in total. The predicted octanol–water partition coefficient (Wildman–Crippen LogP) is 3.66. The van der Waals surface area contributed by atoms with Gasteiger partial charge < -0.3 is 15.5 Å². The van der Waals surface area contributed by atoms with Gasteiger partial charge in [0.05, 0.1) is 0 Å². The fraction of sp³-hybridized carbons (Fsp3) is 0.947. The van der Waals surface area contributed by atoms with E-state index in [4.69, 9.17) is 0 Å². The second-order valence-corrected chi connectivity index (χ2v) is 9.39. The van der Waals surface area contributed by atoms with Crippen molar-refractivity contribution < 1.29 is 4.79 Å². The van der Waals surface area contributed by atoms with E-state index in [9.17, 15) is 4.79 Å². The molecule has 1 atom stereocenters. The number of amides is 2. The molecular weight excluding hydrogens is 286 g/mol. The van der Waals surface area contributed by atoms with Crippen molar-refractivity contribution in [2.75, 3.05) is 6.54 Å². The standard InChI is InChI=1S/C19H35N3O/c1-18(2)12-15(13-19(3,4)21-18)20-17(23)22-11-7-10-16(22)14-8-5-6-9-14/h14-16,21H,5-13H2,1-4H3,(H,20,23). The molecule has 132 valence electrons. The number of nitrogens with one attached hydrogen (secondary N) is 2. The van der Waals surface area contributed by atoms with Crippen molar-refractivity contribution in [3.63, 3.8) is 0 Å². The van der Waals surface area contributed by atoms with Crippen LogP contribution < -0.4 is 10.6 Å². The SMILES string of the molecule is CC1(C)CC(NC(=O)N2CCCC2C2CCCC2)CC(C)(C)N1. The van der Waals surface area contributed by atoms with Crippen molar-refractivity contribution >= 4 is 6.03 Å². The quantitative estimate of drug-likeness (QED) is 0.815. The molecule has 3 rings (SSSR count). The lowest BCUT2D eigenvalue weighted by molar-refractivity contribution is 0.132. The number of hydrogen-bond donors (Lipinski definition) is 2. The Morgan fingerprint density at radius 2 is 1.61 bits per heavy atom. The fourth-order valence-corrected chi connectivity index (χ4v) is 5.56. The molecule has 1 saturated carbocycles. The summed E-state index contributed by atoms with van der Waals surface area (Å²) in [5.74, 6) is 0.754. The van der Waals surface area contributed by atoms with Gasteiger partial charge in [-0.3, -0.25) is 0 Å². The highest BCUT2D eigenvalue weighted by Crippen LogP contribution is 2.36. The van der Waals surface area contributed by atoms with Gasteiger partial charge in [-0.15, -0.1) is 0 Å². The second-order valence-electron chi connectivity index (χ2n) is 9.39. The Kier molecular flexibility index (Phi) is 4.65. The minimum atomic E-state index is 0.0789. The molecule has 0 radical (unpaired) electrons. The third-order valence-electron chi connectivity index (χ3n) is 6.02. The van der Waals surface area contributed by atoms with E-state index in [2.05, 4.69) is 43.2 Å². The first-order chi connectivity index (χ1) is 10.8. The average Bonchev–Trinajstić information content (AvgIpc) is 3.05. The van der Waals surface area contributed by atoms with Gasteiger partial charge in [-0.25, -0.2) is 4.79 Å². The van der Waals surface area contributed by atoms with Gasteiger partial charge in [0.15, 0.2) is 0 Å². The second kappa shape index (κ2) is 6.27. The van der Waals surface area contributed by atoms with E-state index in [0.717, 1.165) is 25.3 Å². The van der Waals surface area contributed by atoms with Gasteiger partial charge in [0, 0.05) is 29.7 Å². The summed E-state index contributed by atoms with van der Waals surface area (Å²) in [6, 6.07) is 0.969. The molecule has 2 heterocycles. The number of rotatable bonds is 2. The Balaban J connectivity index is 1.61. The number of carbonyl (C=O) groups excluding carboxylic acids is 1. The molecule has 2 saturated heterocycles. The molecule has 23 heavy (non-hydrogen) atoms. The molecule has 1 aliphatic carbocycles. The van der Waals surface area contributed by atoms with Crippen LogP contribution in [0.3, 0.4) is 0 Å². The molecule has 3 fully saturated rings. The molecule has 3 aliphatic rings. The Bertz CT molecular complexity index is 424. The topological polar surface area (TPSA) is 44.4 Å².